The third-order valence-electron chi connectivity index (χ3n) is 5.98. The average molecular weight is 470 g/mol. The van der Waals surface area contributed by atoms with Gasteiger partial charge in [-0.05, 0) is 75.3 Å². The van der Waals surface area contributed by atoms with Crippen LogP contribution in [0.3, 0.4) is 0 Å². The minimum atomic E-state index is -3.64. The lowest BCUT2D eigenvalue weighted by atomic mass is 9.91. The summed E-state index contributed by atoms with van der Waals surface area (Å²) in [7, 11) is -3.64. The van der Waals surface area contributed by atoms with E-state index in [-0.39, 0.29) is 18.2 Å². The van der Waals surface area contributed by atoms with Crippen molar-refractivity contribution in [1.82, 2.24) is 24.5 Å². The maximum Gasteiger partial charge on any atom is 0.241 e. The van der Waals surface area contributed by atoms with Crippen molar-refractivity contribution in [2.45, 2.75) is 76.0 Å². The zero-order valence-electron chi connectivity index (χ0n) is 19.3. The Hall–Kier alpha value is -2.78. The van der Waals surface area contributed by atoms with Gasteiger partial charge < -0.3 is 9.30 Å². The van der Waals surface area contributed by atoms with E-state index in [9.17, 15) is 8.42 Å². The number of nitrogens with one attached hydrogen (secondary N) is 1. The van der Waals surface area contributed by atoms with Crippen LogP contribution in [-0.2, 0) is 16.4 Å². The van der Waals surface area contributed by atoms with E-state index in [1.165, 1.54) is 0 Å². The second-order valence-corrected chi connectivity index (χ2v) is 10.5. The normalized spacial score (nSPS) is 19.0. The molecule has 1 saturated carbocycles. The number of aryl methyl sites for hydroxylation is 1. The quantitative estimate of drug-likeness (QED) is 0.532. The van der Waals surface area contributed by atoms with Crippen LogP contribution in [0.1, 0.15) is 58.1 Å². The fraction of sp³-hybridized carbons (Fsp3) is 0.458. The monoisotopic (exact) mass is 469 g/mol. The summed E-state index contributed by atoms with van der Waals surface area (Å²) in [4.78, 5) is 4.70. The molecule has 4 rings (SSSR count). The van der Waals surface area contributed by atoms with Crippen molar-refractivity contribution in [1.29, 1.82) is 0 Å². The Morgan fingerprint density at radius 2 is 1.88 bits per heavy atom. The summed E-state index contributed by atoms with van der Waals surface area (Å²) in [5.74, 6) is 0.574. The molecule has 8 nitrogen and oxygen atoms in total. The number of nitrogens with zero attached hydrogens (tertiary/aromatic N) is 4. The van der Waals surface area contributed by atoms with Crippen molar-refractivity contribution in [3.63, 3.8) is 0 Å². The van der Waals surface area contributed by atoms with Gasteiger partial charge in [-0.3, -0.25) is 0 Å². The molecule has 1 fully saturated rings. The van der Waals surface area contributed by atoms with Crippen LogP contribution in [0.2, 0.25) is 0 Å². The second kappa shape index (κ2) is 10.0. The molecule has 3 aromatic rings. The van der Waals surface area contributed by atoms with E-state index in [1.807, 2.05) is 49.6 Å². The van der Waals surface area contributed by atoms with Gasteiger partial charge in [-0.15, -0.1) is 10.2 Å². The Bertz CT molecular complexity index is 1160. The summed E-state index contributed by atoms with van der Waals surface area (Å²) in [5.41, 5.74) is 2.63. The number of rotatable bonds is 8. The van der Waals surface area contributed by atoms with Gasteiger partial charge in [0.1, 0.15) is 12.7 Å². The third kappa shape index (κ3) is 5.59. The lowest BCUT2D eigenvalue weighted by molar-refractivity contribution is 0.232. The highest BCUT2D eigenvalue weighted by molar-refractivity contribution is 7.89. The van der Waals surface area contributed by atoms with Gasteiger partial charge in [-0.25, -0.2) is 18.1 Å². The topological polar surface area (TPSA) is 99.0 Å². The summed E-state index contributed by atoms with van der Waals surface area (Å²) >= 11 is 0. The molecule has 0 spiro atoms. The van der Waals surface area contributed by atoms with Gasteiger partial charge in [0.25, 0.3) is 0 Å². The molecular formula is C24H31N5O3S. The molecule has 2 heterocycles. The number of benzene rings is 1. The fourth-order valence-electron chi connectivity index (χ4n) is 4.38. The first-order valence-electron chi connectivity index (χ1n) is 11.5. The highest BCUT2D eigenvalue weighted by Gasteiger charge is 2.28. The molecule has 0 bridgehead atoms. The van der Waals surface area contributed by atoms with E-state index in [2.05, 4.69) is 19.9 Å². The van der Waals surface area contributed by atoms with Crippen LogP contribution in [0.25, 0.3) is 11.1 Å². The average Bonchev–Trinajstić information content (AvgIpc) is 3.34. The molecule has 1 aliphatic carbocycles. The number of hydrogen-bond acceptors (Lipinski definition) is 6. The van der Waals surface area contributed by atoms with E-state index in [4.69, 9.17) is 4.74 Å². The Morgan fingerprint density at radius 3 is 2.55 bits per heavy atom. The highest BCUT2D eigenvalue weighted by Crippen LogP contribution is 2.30. The second-order valence-electron chi connectivity index (χ2n) is 8.78. The molecule has 0 radical (unpaired) electrons. The smallest absolute Gasteiger partial charge is 0.241 e. The van der Waals surface area contributed by atoms with Gasteiger partial charge in [0.15, 0.2) is 0 Å². The van der Waals surface area contributed by atoms with Gasteiger partial charge in [0, 0.05) is 29.9 Å². The van der Waals surface area contributed by atoms with Crippen molar-refractivity contribution in [3.8, 4) is 17.0 Å². The fourth-order valence-corrected chi connectivity index (χ4v) is 5.96. The van der Waals surface area contributed by atoms with Crippen LogP contribution in [0.15, 0.2) is 54.1 Å². The minimum absolute atomic E-state index is 0.0584. The predicted octanol–water partition coefficient (Wildman–Crippen LogP) is 4.15. The maximum absolute atomic E-state index is 13.3. The summed E-state index contributed by atoms with van der Waals surface area (Å²) in [5, 5.41) is 7.76. The SMILES string of the molecule is CCc1cc(-c2ccc(OC(C)C)nc2)ccc1S(=O)(=O)N[C@H]1CCC[C@@H](n2cnnc2)C1. The third-order valence-corrected chi connectivity index (χ3v) is 7.60. The number of pyridine rings is 1. The number of hydrogen-bond donors (Lipinski definition) is 1. The minimum Gasteiger partial charge on any atom is -0.475 e. The first-order valence-corrected chi connectivity index (χ1v) is 13.0. The molecule has 1 N–H and O–H groups in total. The molecule has 2 aromatic heterocycles. The number of ether oxygens (including phenoxy) is 1. The van der Waals surface area contributed by atoms with Gasteiger partial charge in [-0.2, -0.15) is 0 Å². The van der Waals surface area contributed by atoms with E-state index in [0.717, 1.165) is 42.4 Å². The first kappa shape index (κ1) is 23.4. The largest absolute Gasteiger partial charge is 0.475 e. The molecule has 0 aliphatic heterocycles. The highest BCUT2D eigenvalue weighted by atomic mass is 32.2. The van der Waals surface area contributed by atoms with Crippen LogP contribution in [0.4, 0.5) is 0 Å². The van der Waals surface area contributed by atoms with Gasteiger partial charge in [-0.1, -0.05) is 13.0 Å². The predicted molar refractivity (Wildman–Crippen MR) is 126 cm³/mol. The summed E-state index contributed by atoms with van der Waals surface area (Å²) in [6.45, 7) is 5.88. The van der Waals surface area contributed by atoms with Crippen LogP contribution >= 0.6 is 0 Å². The number of aromatic nitrogens is 4. The van der Waals surface area contributed by atoms with E-state index >= 15 is 0 Å². The lowest BCUT2D eigenvalue weighted by Gasteiger charge is -2.30. The van der Waals surface area contributed by atoms with E-state index < -0.39 is 10.0 Å². The van der Waals surface area contributed by atoms with Crippen molar-refractivity contribution in [2.75, 3.05) is 0 Å². The first-order chi connectivity index (χ1) is 15.9. The van der Waals surface area contributed by atoms with Gasteiger partial charge in [0.05, 0.1) is 11.0 Å². The maximum atomic E-state index is 13.3. The summed E-state index contributed by atoms with van der Waals surface area (Å²) < 4.78 is 37.1. The molecule has 2 atom stereocenters. The number of sulfonamides is 1. The van der Waals surface area contributed by atoms with E-state index in [1.54, 1.807) is 24.9 Å². The Balaban J connectivity index is 1.51. The van der Waals surface area contributed by atoms with Crippen LogP contribution in [0, 0.1) is 0 Å². The zero-order valence-corrected chi connectivity index (χ0v) is 20.1. The lowest BCUT2D eigenvalue weighted by Crippen LogP contribution is -2.39. The van der Waals surface area contributed by atoms with Crippen LogP contribution in [-0.4, -0.2) is 40.3 Å². The zero-order chi connectivity index (χ0) is 23.4. The molecule has 0 amide bonds. The van der Waals surface area contributed by atoms with Crippen LogP contribution in [0.5, 0.6) is 5.88 Å². The Morgan fingerprint density at radius 1 is 1.12 bits per heavy atom. The Kier molecular flexibility index (Phi) is 7.09. The van der Waals surface area contributed by atoms with Gasteiger partial charge in [0.2, 0.25) is 15.9 Å². The molecule has 1 aromatic carbocycles. The molecule has 0 unspecified atom stereocenters. The summed E-state index contributed by atoms with van der Waals surface area (Å²) in [6, 6.07) is 9.36. The van der Waals surface area contributed by atoms with Crippen molar-refractivity contribution in [3.05, 3.63) is 54.7 Å². The molecule has 33 heavy (non-hydrogen) atoms. The molecule has 0 saturated heterocycles. The van der Waals surface area contributed by atoms with Crippen molar-refractivity contribution >= 4 is 10.0 Å². The van der Waals surface area contributed by atoms with Crippen molar-refractivity contribution in [2.24, 2.45) is 0 Å². The Labute approximate surface area is 195 Å². The molecular weight excluding hydrogens is 438 g/mol. The van der Waals surface area contributed by atoms with Crippen LogP contribution < -0.4 is 9.46 Å². The summed E-state index contributed by atoms with van der Waals surface area (Å²) in [6.07, 6.45) is 9.34. The van der Waals surface area contributed by atoms with E-state index in [0.29, 0.717) is 17.2 Å². The molecule has 176 valence electrons. The molecule has 9 heteroatoms. The standard InChI is InChI=1S/C24H31N5O3S/c1-4-18-12-19(20-9-11-24(25-14-20)32-17(2)3)8-10-23(18)33(30,31)28-21-6-5-7-22(13-21)29-15-26-27-16-29/h8-12,14-17,21-22,28H,4-7,13H2,1-3H3/t21-,22+/m0/s1. The molecule has 1 aliphatic rings. The van der Waals surface area contributed by atoms with Crippen molar-refractivity contribution < 1.29 is 13.2 Å². The van der Waals surface area contributed by atoms with Gasteiger partial charge >= 0.3 is 0 Å².